The number of nitrogens with one attached hydrogen (secondary N) is 2. The number of nitrogens with zero attached hydrogens (tertiary/aromatic N) is 1. The van der Waals surface area contributed by atoms with Gasteiger partial charge in [-0.1, -0.05) is 48.5 Å². The van der Waals surface area contributed by atoms with Gasteiger partial charge in [0.2, 0.25) is 5.91 Å². The van der Waals surface area contributed by atoms with Crippen LogP contribution in [0.3, 0.4) is 0 Å². The van der Waals surface area contributed by atoms with Crippen LogP contribution in [0.25, 0.3) is 0 Å². The van der Waals surface area contributed by atoms with Gasteiger partial charge < -0.3 is 10.6 Å². The molecule has 1 heterocycles. The fourth-order valence-electron chi connectivity index (χ4n) is 3.01. The van der Waals surface area contributed by atoms with E-state index in [2.05, 4.69) is 10.6 Å². The maximum atomic E-state index is 12.6. The number of benzene rings is 2. The first-order valence-corrected chi connectivity index (χ1v) is 8.59. The van der Waals surface area contributed by atoms with Crippen LogP contribution >= 0.6 is 0 Å². The third-order valence-corrected chi connectivity index (χ3v) is 4.44. The third-order valence-electron chi connectivity index (χ3n) is 4.44. The van der Waals surface area contributed by atoms with Crippen LogP contribution < -0.4 is 10.6 Å². The van der Waals surface area contributed by atoms with Gasteiger partial charge in [0.1, 0.15) is 6.04 Å². The molecular weight excluding hydrogens is 330 g/mol. The van der Waals surface area contributed by atoms with Gasteiger partial charge in [-0.25, -0.2) is 4.79 Å². The summed E-state index contributed by atoms with van der Waals surface area (Å²) in [6.45, 7) is 1.82. The Kier molecular flexibility index (Phi) is 5.31. The van der Waals surface area contributed by atoms with E-state index in [1.807, 2.05) is 55.5 Å². The van der Waals surface area contributed by atoms with E-state index in [-0.39, 0.29) is 30.7 Å². The maximum absolute atomic E-state index is 12.6. The molecule has 1 aliphatic rings. The second-order valence-corrected chi connectivity index (χ2v) is 6.25. The molecule has 4 amide bonds. The van der Waals surface area contributed by atoms with Gasteiger partial charge in [0.15, 0.2) is 0 Å². The smallest absolute Gasteiger partial charge is 0.325 e. The first-order chi connectivity index (χ1) is 12.6. The van der Waals surface area contributed by atoms with E-state index in [1.165, 1.54) is 4.90 Å². The van der Waals surface area contributed by atoms with Crippen LogP contribution in [0.4, 0.5) is 10.5 Å². The van der Waals surface area contributed by atoms with Crippen LogP contribution in [-0.2, 0) is 9.59 Å². The van der Waals surface area contributed by atoms with Crippen LogP contribution in [0.15, 0.2) is 60.7 Å². The lowest BCUT2D eigenvalue weighted by Gasteiger charge is -2.21. The van der Waals surface area contributed by atoms with Crippen molar-refractivity contribution in [3.8, 4) is 0 Å². The number of hydrogen-bond donors (Lipinski definition) is 2. The Morgan fingerprint density at radius 3 is 2.35 bits per heavy atom. The molecule has 2 aromatic rings. The Balaban J connectivity index is 1.58. The summed E-state index contributed by atoms with van der Waals surface area (Å²) >= 11 is 0. The fraction of sp³-hybridized carbons (Fsp3) is 0.250. The molecule has 1 fully saturated rings. The van der Waals surface area contributed by atoms with Crippen molar-refractivity contribution in [3.05, 3.63) is 66.2 Å². The summed E-state index contributed by atoms with van der Waals surface area (Å²) in [6, 6.07) is 17.1. The predicted molar refractivity (Wildman–Crippen MR) is 98.3 cm³/mol. The van der Waals surface area contributed by atoms with Crippen LogP contribution in [0.1, 0.15) is 31.4 Å². The molecule has 3 rings (SSSR count). The van der Waals surface area contributed by atoms with E-state index < -0.39 is 12.1 Å². The molecule has 0 aromatic heterocycles. The van der Waals surface area contributed by atoms with Crippen molar-refractivity contribution < 1.29 is 14.4 Å². The number of anilines is 1. The number of carbonyl (C=O) groups is 3. The van der Waals surface area contributed by atoms with Crippen molar-refractivity contribution in [2.45, 2.75) is 31.8 Å². The number of urea groups is 1. The summed E-state index contributed by atoms with van der Waals surface area (Å²) in [4.78, 5) is 38.1. The van der Waals surface area contributed by atoms with Gasteiger partial charge in [-0.3, -0.25) is 14.5 Å². The Morgan fingerprint density at radius 2 is 1.69 bits per heavy atom. The van der Waals surface area contributed by atoms with Crippen molar-refractivity contribution in [1.82, 2.24) is 10.2 Å². The maximum Gasteiger partial charge on any atom is 0.325 e. The van der Waals surface area contributed by atoms with E-state index in [4.69, 9.17) is 0 Å². The monoisotopic (exact) mass is 351 g/mol. The van der Waals surface area contributed by atoms with Gasteiger partial charge in [0, 0.05) is 12.1 Å². The van der Waals surface area contributed by atoms with Gasteiger partial charge in [0.25, 0.3) is 5.91 Å². The lowest BCUT2D eigenvalue weighted by molar-refractivity contribution is -0.129. The Morgan fingerprint density at radius 1 is 1.08 bits per heavy atom. The second kappa shape index (κ2) is 7.82. The minimum Gasteiger partial charge on any atom is -0.326 e. The highest BCUT2D eigenvalue weighted by molar-refractivity contribution is 6.05. The minimum atomic E-state index is -0.671. The normalized spacial score (nSPS) is 17.7. The van der Waals surface area contributed by atoms with Crippen molar-refractivity contribution in [1.29, 1.82) is 0 Å². The van der Waals surface area contributed by atoms with Gasteiger partial charge in [-0.05, 0) is 31.0 Å². The number of para-hydroxylation sites is 1. The van der Waals surface area contributed by atoms with Crippen LogP contribution in [-0.4, -0.2) is 28.8 Å². The molecule has 2 atom stereocenters. The fourth-order valence-corrected chi connectivity index (χ4v) is 3.01. The standard InChI is InChI=1S/C20H21N3O3/c1-14(15-8-4-2-5-9-15)23-19(25)17(22-20(23)26)12-13-18(24)21-16-10-6-3-7-11-16/h2-11,14,17H,12-13H2,1H3,(H,21,24)(H,22,26)/t14-,17+/m0/s1. The summed E-state index contributed by atoms with van der Waals surface area (Å²) < 4.78 is 0. The predicted octanol–water partition coefficient (Wildman–Crippen LogP) is 3.09. The van der Waals surface area contributed by atoms with E-state index >= 15 is 0 Å². The zero-order valence-corrected chi connectivity index (χ0v) is 14.5. The highest BCUT2D eigenvalue weighted by Crippen LogP contribution is 2.25. The summed E-state index contributed by atoms with van der Waals surface area (Å²) in [5.74, 6) is -0.480. The van der Waals surface area contributed by atoms with Crippen molar-refractivity contribution in [3.63, 3.8) is 0 Å². The highest BCUT2D eigenvalue weighted by atomic mass is 16.2. The molecule has 0 radical (unpaired) electrons. The Bertz CT molecular complexity index is 792. The second-order valence-electron chi connectivity index (χ2n) is 6.25. The van der Waals surface area contributed by atoms with E-state index in [1.54, 1.807) is 12.1 Å². The number of imide groups is 1. The number of amides is 4. The topological polar surface area (TPSA) is 78.5 Å². The Hall–Kier alpha value is -3.15. The number of carbonyl (C=O) groups excluding carboxylic acids is 3. The van der Waals surface area contributed by atoms with Gasteiger partial charge in [-0.2, -0.15) is 0 Å². The first-order valence-electron chi connectivity index (χ1n) is 8.59. The van der Waals surface area contributed by atoms with Crippen LogP contribution in [0.2, 0.25) is 0 Å². The van der Waals surface area contributed by atoms with Gasteiger partial charge >= 0.3 is 6.03 Å². The number of hydrogen-bond acceptors (Lipinski definition) is 3. The molecule has 2 aromatic carbocycles. The van der Waals surface area contributed by atoms with Crippen LogP contribution in [0.5, 0.6) is 0 Å². The van der Waals surface area contributed by atoms with Crippen LogP contribution in [0, 0.1) is 0 Å². The quantitative estimate of drug-likeness (QED) is 0.785. The lowest BCUT2D eigenvalue weighted by Crippen LogP contribution is -2.34. The average Bonchev–Trinajstić information content (AvgIpc) is 2.94. The molecule has 134 valence electrons. The zero-order valence-electron chi connectivity index (χ0n) is 14.5. The van der Waals surface area contributed by atoms with Gasteiger partial charge in [0.05, 0.1) is 6.04 Å². The van der Waals surface area contributed by atoms with Gasteiger partial charge in [-0.15, -0.1) is 0 Å². The summed E-state index contributed by atoms with van der Waals surface area (Å²) in [7, 11) is 0. The van der Waals surface area contributed by atoms with E-state index in [0.29, 0.717) is 5.69 Å². The molecule has 6 heteroatoms. The molecule has 6 nitrogen and oxygen atoms in total. The van der Waals surface area contributed by atoms with E-state index in [0.717, 1.165) is 5.56 Å². The molecule has 2 N–H and O–H groups in total. The SMILES string of the molecule is C[C@@H](c1ccccc1)N1C(=O)N[C@H](CCC(=O)Nc2ccccc2)C1=O. The lowest BCUT2D eigenvalue weighted by atomic mass is 10.1. The molecule has 0 spiro atoms. The zero-order chi connectivity index (χ0) is 18.5. The summed E-state index contributed by atoms with van der Waals surface area (Å²) in [5, 5.41) is 5.46. The molecule has 0 unspecified atom stereocenters. The van der Waals surface area contributed by atoms with E-state index in [9.17, 15) is 14.4 Å². The molecule has 26 heavy (non-hydrogen) atoms. The average molecular weight is 351 g/mol. The minimum absolute atomic E-state index is 0.152. The number of rotatable bonds is 6. The van der Waals surface area contributed by atoms with Crippen molar-refractivity contribution in [2.75, 3.05) is 5.32 Å². The Labute approximate surface area is 152 Å². The summed E-state index contributed by atoms with van der Waals surface area (Å²) in [6.07, 6.45) is 0.417. The molecule has 0 saturated carbocycles. The molecular formula is C20H21N3O3. The molecule has 0 bridgehead atoms. The third kappa shape index (κ3) is 3.91. The largest absolute Gasteiger partial charge is 0.326 e. The van der Waals surface area contributed by atoms with Crippen molar-refractivity contribution >= 4 is 23.5 Å². The molecule has 1 aliphatic heterocycles. The van der Waals surface area contributed by atoms with Crippen molar-refractivity contribution in [2.24, 2.45) is 0 Å². The highest BCUT2D eigenvalue weighted by Gasteiger charge is 2.40. The molecule has 1 saturated heterocycles. The summed E-state index contributed by atoms with van der Waals surface area (Å²) in [5.41, 5.74) is 1.59. The molecule has 0 aliphatic carbocycles. The first kappa shape index (κ1) is 17.7.